The molecule has 0 spiro atoms. The highest BCUT2D eigenvalue weighted by atomic mass is 32.2. The molecule has 1 amide bonds. The number of sulfonamides is 1. The summed E-state index contributed by atoms with van der Waals surface area (Å²) >= 11 is 0. The zero-order valence-corrected chi connectivity index (χ0v) is 11.9. The van der Waals surface area contributed by atoms with Gasteiger partial charge in [0.15, 0.2) is 0 Å². The number of likely N-dealkylation sites (tertiary alicyclic amines) is 1. The van der Waals surface area contributed by atoms with Crippen molar-refractivity contribution in [3.63, 3.8) is 0 Å². The summed E-state index contributed by atoms with van der Waals surface area (Å²) in [6.07, 6.45) is 2.94. The van der Waals surface area contributed by atoms with E-state index in [-0.39, 0.29) is 18.6 Å². The monoisotopic (exact) mass is 291 g/mol. The predicted molar refractivity (Wildman–Crippen MR) is 69.9 cm³/mol. The van der Waals surface area contributed by atoms with Gasteiger partial charge in [-0.3, -0.25) is 4.79 Å². The van der Waals surface area contributed by atoms with Crippen molar-refractivity contribution >= 4 is 15.9 Å². The summed E-state index contributed by atoms with van der Waals surface area (Å²) in [6, 6.07) is -0.0902. The number of hydrogen-bond donors (Lipinski definition) is 2. The lowest BCUT2D eigenvalue weighted by molar-refractivity contribution is -0.138. The minimum atomic E-state index is -3.19. The number of rotatable bonds is 3. The van der Waals surface area contributed by atoms with Gasteiger partial charge in [0.1, 0.15) is 5.54 Å². The Morgan fingerprint density at radius 3 is 2.53 bits per heavy atom. The molecule has 2 fully saturated rings. The van der Waals surface area contributed by atoms with Gasteiger partial charge in [0.05, 0.1) is 12.9 Å². The van der Waals surface area contributed by atoms with Crippen LogP contribution >= 0.6 is 0 Å². The number of ether oxygens (including phenoxy) is 1. The molecule has 0 saturated carbocycles. The molecule has 0 radical (unpaired) electrons. The van der Waals surface area contributed by atoms with E-state index in [2.05, 4.69) is 4.72 Å². The summed E-state index contributed by atoms with van der Waals surface area (Å²) < 4.78 is 30.1. The van der Waals surface area contributed by atoms with Crippen molar-refractivity contribution in [3.05, 3.63) is 0 Å². The second-order valence-electron chi connectivity index (χ2n) is 5.42. The molecule has 2 saturated heterocycles. The van der Waals surface area contributed by atoms with E-state index in [0.717, 1.165) is 6.26 Å². The van der Waals surface area contributed by atoms with E-state index in [9.17, 15) is 13.2 Å². The van der Waals surface area contributed by atoms with E-state index >= 15 is 0 Å². The van der Waals surface area contributed by atoms with Crippen LogP contribution in [0.3, 0.4) is 0 Å². The minimum Gasteiger partial charge on any atom is -0.379 e. The van der Waals surface area contributed by atoms with Crippen molar-refractivity contribution in [1.82, 2.24) is 9.62 Å². The van der Waals surface area contributed by atoms with Gasteiger partial charge in [-0.25, -0.2) is 13.1 Å². The van der Waals surface area contributed by atoms with Crippen LogP contribution in [0.2, 0.25) is 0 Å². The number of nitrogens with two attached hydrogens (primary N) is 1. The second-order valence-corrected chi connectivity index (χ2v) is 7.20. The summed E-state index contributed by atoms with van der Waals surface area (Å²) in [7, 11) is -3.19. The van der Waals surface area contributed by atoms with Crippen LogP contribution in [-0.2, 0) is 19.6 Å². The summed E-state index contributed by atoms with van der Waals surface area (Å²) in [6.45, 7) is 1.86. The van der Waals surface area contributed by atoms with Crippen LogP contribution in [0.4, 0.5) is 0 Å². The van der Waals surface area contributed by atoms with Crippen molar-refractivity contribution < 1.29 is 17.9 Å². The highest BCUT2D eigenvalue weighted by molar-refractivity contribution is 7.88. The fraction of sp³-hybridized carbons (Fsp3) is 0.909. The molecule has 7 nitrogen and oxygen atoms in total. The molecule has 0 aromatic rings. The van der Waals surface area contributed by atoms with Gasteiger partial charge in [-0.2, -0.15) is 0 Å². The number of amides is 1. The van der Waals surface area contributed by atoms with Crippen LogP contribution < -0.4 is 10.5 Å². The Hall–Kier alpha value is -0.700. The molecule has 19 heavy (non-hydrogen) atoms. The molecule has 2 rings (SSSR count). The number of piperidine rings is 1. The van der Waals surface area contributed by atoms with Crippen LogP contribution in [-0.4, -0.2) is 63.4 Å². The summed E-state index contributed by atoms with van der Waals surface area (Å²) in [5, 5.41) is 0. The molecule has 2 aliphatic rings. The average Bonchev–Trinajstić information content (AvgIpc) is 2.75. The highest BCUT2D eigenvalue weighted by Crippen LogP contribution is 2.21. The van der Waals surface area contributed by atoms with E-state index in [4.69, 9.17) is 10.5 Å². The molecule has 2 heterocycles. The van der Waals surface area contributed by atoms with E-state index < -0.39 is 15.6 Å². The zero-order chi connectivity index (χ0) is 14.1. The predicted octanol–water partition coefficient (Wildman–Crippen LogP) is -1.36. The molecular weight excluding hydrogens is 270 g/mol. The number of hydrogen-bond acceptors (Lipinski definition) is 5. The first-order valence-corrected chi connectivity index (χ1v) is 8.33. The van der Waals surface area contributed by atoms with Gasteiger partial charge < -0.3 is 15.4 Å². The van der Waals surface area contributed by atoms with E-state index in [0.29, 0.717) is 39.0 Å². The molecule has 0 bridgehead atoms. The Bertz CT molecular complexity index is 437. The maximum absolute atomic E-state index is 12.3. The Morgan fingerprint density at radius 1 is 1.42 bits per heavy atom. The average molecular weight is 291 g/mol. The van der Waals surface area contributed by atoms with Gasteiger partial charge in [0, 0.05) is 25.7 Å². The maximum atomic E-state index is 12.3. The van der Waals surface area contributed by atoms with E-state index in [1.54, 1.807) is 4.90 Å². The van der Waals surface area contributed by atoms with Gasteiger partial charge in [0.25, 0.3) is 0 Å². The summed E-state index contributed by atoms with van der Waals surface area (Å²) in [4.78, 5) is 14.0. The topological polar surface area (TPSA) is 102 Å². The van der Waals surface area contributed by atoms with Crippen molar-refractivity contribution in [2.24, 2.45) is 5.73 Å². The van der Waals surface area contributed by atoms with Gasteiger partial charge in [0.2, 0.25) is 15.9 Å². The molecule has 1 atom stereocenters. The lowest BCUT2D eigenvalue weighted by atomic mass is 9.96. The molecule has 0 aromatic heterocycles. The molecule has 3 N–H and O–H groups in total. The number of carbonyl (C=O) groups is 1. The fourth-order valence-electron chi connectivity index (χ4n) is 2.57. The SMILES string of the molecule is CS(=O)(=O)NC1CCN(C(=O)C2(N)CCOC2)CC1. The molecule has 110 valence electrons. The Balaban J connectivity index is 1.88. The molecule has 0 aromatic carbocycles. The van der Waals surface area contributed by atoms with Crippen molar-refractivity contribution in [2.45, 2.75) is 30.8 Å². The summed E-state index contributed by atoms with van der Waals surface area (Å²) in [5.74, 6) is -0.0807. The lowest BCUT2D eigenvalue weighted by Crippen LogP contribution is -2.58. The third-order valence-corrected chi connectivity index (χ3v) is 4.40. The van der Waals surface area contributed by atoms with Crippen molar-refractivity contribution in [2.75, 3.05) is 32.6 Å². The fourth-order valence-corrected chi connectivity index (χ4v) is 3.41. The first-order chi connectivity index (χ1) is 8.80. The maximum Gasteiger partial charge on any atom is 0.245 e. The number of nitrogens with zero attached hydrogens (tertiary/aromatic N) is 1. The third-order valence-electron chi connectivity index (χ3n) is 3.64. The Morgan fingerprint density at radius 2 is 2.05 bits per heavy atom. The molecular formula is C11H21N3O4S. The van der Waals surface area contributed by atoms with E-state index in [1.807, 2.05) is 0 Å². The van der Waals surface area contributed by atoms with Gasteiger partial charge in [-0.05, 0) is 19.3 Å². The quantitative estimate of drug-likeness (QED) is 0.669. The zero-order valence-electron chi connectivity index (χ0n) is 11.1. The Kier molecular flexibility index (Phi) is 4.14. The Labute approximate surface area is 113 Å². The third kappa shape index (κ3) is 3.65. The van der Waals surface area contributed by atoms with Gasteiger partial charge in [-0.15, -0.1) is 0 Å². The van der Waals surface area contributed by atoms with Crippen molar-refractivity contribution in [1.29, 1.82) is 0 Å². The molecule has 1 unspecified atom stereocenters. The number of nitrogens with one attached hydrogen (secondary N) is 1. The minimum absolute atomic E-state index is 0.0807. The van der Waals surface area contributed by atoms with Crippen LogP contribution in [0.5, 0.6) is 0 Å². The first-order valence-electron chi connectivity index (χ1n) is 6.43. The molecule has 0 aliphatic carbocycles. The van der Waals surface area contributed by atoms with Crippen LogP contribution in [0, 0.1) is 0 Å². The largest absolute Gasteiger partial charge is 0.379 e. The normalized spacial score (nSPS) is 29.7. The molecule has 8 heteroatoms. The van der Waals surface area contributed by atoms with E-state index in [1.165, 1.54) is 0 Å². The number of carbonyl (C=O) groups excluding carboxylic acids is 1. The van der Waals surface area contributed by atoms with Crippen molar-refractivity contribution in [3.8, 4) is 0 Å². The van der Waals surface area contributed by atoms with Crippen LogP contribution in [0.15, 0.2) is 0 Å². The lowest BCUT2D eigenvalue weighted by Gasteiger charge is -2.36. The standard InChI is InChI=1S/C11H21N3O4S/c1-19(16,17)13-9-2-5-14(6-3-9)10(15)11(12)4-7-18-8-11/h9,13H,2-8,12H2,1H3. The smallest absolute Gasteiger partial charge is 0.245 e. The van der Waals surface area contributed by atoms with Gasteiger partial charge in [-0.1, -0.05) is 0 Å². The van der Waals surface area contributed by atoms with Crippen LogP contribution in [0.1, 0.15) is 19.3 Å². The second kappa shape index (κ2) is 5.35. The van der Waals surface area contributed by atoms with Crippen LogP contribution in [0.25, 0.3) is 0 Å². The molecule has 2 aliphatic heterocycles. The summed E-state index contributed by atoms with van der Waals surface area (Å²) in [5.41, 5.74) is 5.15. The van der Waals surface area contributed by atoms with Gasteiger partial charge >= 0.3 is 0 Å². The highest BCUT2D eigenvalue weighted by Gasteiger charge is 2.41. The first kappa shape index (κ1) is 14.7.